The topological polar surface area (TPSA) is 72.5 Å². The third kappa shape index (κ3) is 4.19. The first-order chi connectivity index (χ1) is 9.47. The van der Waals surface area contributed by atoms with E-state index in [0.29, 0.717) is 24.8 Å². The normalized spacial score (nSPS) is 18.9. The van der Waals surface area contributed by atoms with E-state index in [2.05, 4.69) is 5.32 Å². The number of carbonyl (C=O) groups excluding carboxylic acids is 1. The Labute approximate surface area is 123 Å². The van der Waals surface area contributed by atoms with Crippen molar-refractivity contribution >= 4 is 27.3 Å². The molecular formula is C13H16ClNO4S. The molecule has 1 aliphatic rings. The van der Waals surface area contributed by atoms with Gasteiger partial charge in [-0.25, -0.2) is 8.42 Å². The molecule has 7 heteroatoms. The Hall–Kier alpha value is -1.11. The highest BCUT2D eigenvalue weighted by Crippen LogP contribution is 2.15. The summed E-state index contributed by atoms with van der Waals surface area (Å²) in [5, 5.41) is 3.09. The van der Waals surface area contributed by atoms with Crippen LogP contribution < -0.4 is 5.32 Å². The van der Waals surface area contributed by atoms with E-state index in [1.54, 1.807) is 0 Å². The maximum Gasteiger partial charge on any atom is 0.235 e. The number of carbonyl (C=O) groups is 1. The molecule has 1 aliphatic heterocycles. The predicted molar refractivity (Wildman–Crippen MR) is 75.4 cm³/mol. The van der Waals surface area contributed by atoms with Gasteiger partial charge in [-0.05, 0) is 30.7 Å². The fourth-order valence-electron chi connectivity index (χ4n) is 1.95. The number of benzene rings is 1. The maximum atomic E-state index is 12.0. The van der Waals surface area contributed by atoms with E-state index < -0.39 is 21.5 Å². The molecule has 0 bridgehead atoms. The molecule has 1 amide bonds. The summed E-state index contributed by atoms with van der Waals surface area (Å²) in [6.45, 7) is 1.77. The van der Waals surface area contributed by atoms with E-state index >= 15 is 0 Å². The second kappa shape index (κ2) is 6.56. The number of halogens is 1. The molecule has 1 N–H and O–H groups in total. The molecular weight excluding hydrogens is 302 g/mol. The van der Waals surface area contributed by atoms with Crippen molar-refractivity contribution in [3.05, 3.63) is 29.3 Å². The van der Waals surface area contributed by atoms with Gasteiger partial charge < -0.3 is 10.1 Å². The Morgan fingerprint density at radius 2 is 2.05 bits per heavy atom. The van der Waals surface area contributed by atoms with Gasteiger partial charge in [-0.3, -0.25) is 4.79 Å². The molecule has 5 nitrogen and oxygen atoms in total. The van der Waals surface area contributed by atoms with Crippen molar-refractivity contribution in [2.75, 3.05) is 25.5 Å². The molecule has 0 spiro atoms. The number of amides is 1. The SMILES string of the molecule is O=C(CS(=O)(=O)c1ccc(Cl)cc1)NCC1CCOC1. The van der Waals surface area contributed by atoms with Gasteiger partial charge in [0.1, 0.15) is 5.75 Å². The van der Waals surface area contributed by atoms with Crippen LogP contribution in [0.15, 0.2) is 29.2 Å². The first kappa shape index (κ1) is 15.3. The Bertz CT molecular complexity index is 565. The summed E-state index contributed by atoms with van der Waals surface area (Å²) in [4.78, 5) is 11.8. The van der Waals surface area contributed by atoms with Gasteiger partial charge in [0.25, 0.3) is 0 Å². The minimum Gasteiger partial charge on any atom is -0.381 e. The molecule has 20 heavy (non-hydrogen) atoms. The molecule has 1 atom stereocenters. The Kier molecular flexibility index (Phi) is 5.01. The zero-order valence-electron chi connectivity index (χ0n) is 10.8. The Balaban J connectivity index is 1.90. The van der Waals surface area contributed by atoms with Gasteiger partial charge in [-0.2, -0.15) is 0 Å². The van der Waals surface area contributed by atoms with E-state index in [1.165, 1.54) is 24.3 Å². The van der Waals surface area contributed by atoms with Crippen molar-refractivity contribution in [1.82, 2.24) is 5.32 Å². The third-order valence-corrected chi connectivity index (χ3v) is 4.99. The Morgan fingerprint density at radius 3 is 2.65 bits per heavy atom. The van der Waals surface area contributed by atoms with E-state index in [0.717, 1.165) is 6.42 Å². The number of nitrogens with one attached hydrogen (secondary N) is 1. The van der Waals surface area contributed by atoms with Crippen molar-refractivity contribution in [3.63, 3.8) is 0 Å². The van der Waals surface area contributed by atoms with Gasteiger partial charge in [-0.15, -0.1) is 0 Å². The quantitative estimate of drug-likeness (QED) is 0.887. The fourth-order valence-corrected chi connectivity index (χ4v) is 3.24. The van der Waals surface area contributed by atoms with Gasteiger partial charge in [0, 0.05) is 24.1 Å². The number of rotatable bonds is 5. The molecule has 110 valence electrons. The summed E-state index contributed by atoms with van der Waals surface area (Å²) >= 11 is 5.70. The number of sulfone groups is 1. The van der Waals surface area contributed by atoms with Crippen LogP contribution in [-0.2, 0) is 19.4 Å². The van der Waals surface area contributed by atoms with Crippen LogP contribution in [0.1, 0.15) is 6.42 Å². The van der Waals surface area contributed by atoms with Crippen LogP contribution in [-0.4, -0.2) is 39.8 Å². The summed E-state index contributed by atoms with van der Waals surface area (Å²) in [6.07, 6.45) is 0.893. The van der Waals surface area contributed by atoms with Gasteiger partial charge in [0.15, 0.2) is 9.84 Å². The van der Waals surface area contributed by atoms with Crippen LogP contribution in [0.25, 0.3) is 0 Å². The lowest BCUT2D eigenvalue weighted by Crippen LogP contribution is -2.34. The van der Waals surface area contributed by atoms with Crippen LogP contribution in [0.4, 0.5) is 0 Å². The van der Waals surface area contributed by atoms with Crippen molar-refractivity contribution in [2.45, 2.75) is 11.3 Å². The lowest BCUT2D eigenvalue weighted by molar-refractivity contribution is -0.118. The molecule has 0 aliphatic carbocycles. The molecule has 1 saturated heterocycles. The van der Waals surface area contributed by atoms with Gasteiger partial charge in [0.2, 0.25) is 5.91 Å². The highest BCUT2D eigenvalue weighted by molar-refractivity contribution is 7.92. The third-order valence-electron chi connectivity index (χ3n) is 3.11. The molecule has 1 heterocycles. The van der Waals surface area contributed by atoms with Crippen molar-refractivity contribution in [2.24, 2.45) is 5.92 Å². The smallest absolute Gasteiger partial charge is 0.235 e. The Morgan fingerprint density at radius 1 is 1.35 bits per heavy atom. The van der Waals surface area contributed by atoms with Crippen LogP contribution in [0, 0.1) is 5.92 Å². The van der Waals surface area contributed by atoms with E-state index in [9.17, 15) is 13.2 Å². The first-order valence-corrected chi connectivity index (χ1v) is 8.33. The predicted octanol–water partition coefficient (Wildman–Crippen LogP) is 1.27. The van der Waals surface area contributed by atoms with Crippen LogP contribution >= 0.6 is 11.6 Å². The standard InChI is InChI=1S/C13H16ClNO4S/c14-11-1-3-12(4-2-11)20(17,18)9-13(16)15-7-10-5-6-19-8-10/h1-4,10H,5-9H2,(H,15,16). The highest BCUT2D eigenvalue weighted by atomic mass is 35.5. The van der Waals surface area contributed by atoms with Crippen molar-refractivity contribution in [1.29, 1.82) is 0 Å². The van der Waals surface area contributed by atoms with Crippen molar-refractivity contribution < 1.29 is 17.9 Å². The maximum absolute atomic E-state index is 12.0. The van der Waals surface area contributed by atoms with E-state index in [4.69, 9.17) is 16.3 Å². The summed E-state index contributed by atoms with van der Waals surface area (Å²) in [5.41, 5.74) is 0. The second-order valence-electron chi connectivity index (χ2n) is 4.75. The minimum absolute atomic E-state index is 0.0984. The molecule has 0 aromatic heterocycles. The summed E-state index contributed by atoms with van der Waals surface area (Å²) < 4.78 is 29.2. The van der Waals surface area contributed by atoms with Gasteiger partial charge >= 0.3 is 0 Å². The largest absolute Gasteiger partial charge is 0.381 e. The van der Waals surface area contributed by atoms with E-state index in [1.807, 2.05) is 0 Å². The minimum atomic E-state index is -3.62. The summed E-state index contributed by atoms with van der Waals surface area (Å²) in [6, 6.07) is 5.77. The number of hydrogen-bond acceptors (Lipinski definition) is 4. The van der Waals surface area contributed by atoms with Crippen LogP contribution in [0.5, 0.6) is 0 Å². The molecule has 1 fully saturated rings. The molecule has 0 radical (unpaired) electrons. The fraction of sp³-hybridized carbons (Fsp3) is 0.462. The number of ether oxygens (including phenoxy) is 1. The molecule has 2 rings (SSSR count). The van der Waals surface area contributed by atoms with Gasteiger partial charge in [-0.1, -0.05) is 11.6 Å². The lowest BCUT2D eigenvalue weighted by atomic mass is 10.1. The van der Waals surface area contributed by atoms with E-state index in [-0.39, 0.29) is 10.8 Å². The van der Waals surface area contributed by atoms with Gasteiger partial charge in [0.05, 0.1) is 11.5 Å². The number of hydrogen-bond donors (Lipinski definition) is 1. The molecule has 1 aromatic carbocycles. The van der Waals surface area contributed by atoms with Crippen molar-refractivity contribution in [3.8, 4) is 0 Å². The first-order valence-electron chi connectivity index (χ1n) is 6.30. The van der Waals surface area contributed by atoms with Crippen LogP contribution in [0.2, 0.25) is 5.02 Å². The monoisotopic (exact) mass is 317 g/mol. The lowest BCUT2D eigenvalue weighted by Gasteiger charge is -2.10. The zero-order valence-corrected chi connectivity index (χ0v) is 12.4. The highest BCUT2D eigenvalue weighted by Gasteiger charge is 2.21. The second-order valence-corrected chi connectivity index (χ2v) is 7.17. The molecule has 1 aromatic rings. The zero-order chi connectivity index (χ0) is 14.6. The molecule has 1 unspecified atom stereocenters. The molecule has 0 saturated carbocycles. The average molecular weight is 318 g/mol. The van der Waals surface area contributed by atoms with Crippen LogP contribution in [0.3, 0.4) is 0 Å². The summed E-state index contributed by atoms with van der Waals surface area (Å²) in [5.74, 6) is -0.772. The average Bonchev–Trinajstić information content (AvgIpc) is 2.89. The summed E-state index contributed by atoms with van der Waals surface area (Å²) in [7, 11) is -3.62.